The molecule has 0 aliphatic carbocycles. The number of H-pyrrole nitrogens is 1. The molecule has 4 rings (SSSR count). The van der Waals surface area contributed by atoms with Crippen molar-refractivity contribution in [2.24, 2.45) is 0 Å². The van der Waals surface area contributed by atoms with Gasteiger partial charge in [-0.1, -0.05) is 53.7 Å². The highest BCUT2D eigenvalue weighted by atomic mass is 16.5. The fraction of sp³-hybridized carbons (Fsp3) is 0.150. The summed E-state index contributed by atoms with van der Waals surface area (Å²) >= 11 is 0. The summed E-state index contributed by atoms with van der Waals surface area (Å²) in [4.78, 5) is 19.8. The molecular weight excluding hydrogens is 328 g/mol. The average molecular weight is 346 g/mol. The second kappa shape index (κ2) is 6.84. The van der Waals surface area contributed by atoms with Crippen LogP contribution in [0.2, 0.25) is 0 Å². The molecule has 130 valence electrons. The maximum absolute atomic E-state index is 12.4. The van der Waals surface area contributed by atoms with Crippen molar-refractivity contribution in [3.63, 3.8) is 0 Å². The van der Waals surface area contributed by atoms with Crippen LogP contribution in [0.5, 0.6) is 0 Å². The van der Waals surface area contributed by atoms with Crippen LogP contribution in [0.4, 0.5) is 0 Å². The van der Waals surface area contributed by atoms with Crippen LogP contribution in [-0.2, 0) is 6.42 Å². The molecule has 6 heteroatoms. The van der Waals surface area contributed by atoms with Crippen molar-refractivity contribution in [1.82, 2.24) is 20.4 Å². The Balaban J connectivity index is 1.44. The van der Waals surface area contributed by atoms with E-state index in [0.717, 1.165) is 22.0 Å². The number of benzene rings is 2. The van der Waals surface area contributed by atoms with Gasteiger partial charge in [0.15, 0.2) is 0 Å². The Morgan fingerprint density at radius 3 is 2.77 bits per heavy atom. The molecule has 6 nitrogen and oxygen atoms in total. The van der Waals surface area contributed by atoms with Gasteiger partial charge in [0, 0.05) is 28.7 Å². The van der Waals surface area contributed by atoms with Gasteiger partial charge in [-0.15, -0.1) is 0 Å². The second-order valence-corrected chi connectivity index (χ2v) is 6.23. The molecule has 0 unspecified atom stereocenters. The number of hydrogen-bond donors (Lipinski definition) is 2. The standard InChI is InChI=1S/C20H18N4O2/c1-13(11-15-12-21-17-10-6-5-9-16(15)17)22-19(25)20-23-18(24-26-20)14-7-3-2-4-8-14/h2-10,12-13,21H,11H2,1H3,(H,22,25)/t13-/m0/s1. The van der Waals surface area contributed by atoms with Crippen LogP contribution in [0.25, 0.3) is 22.3 Å². The van der Waals surface area contributed by atoms with Gasteiger partial charge in [-0.05, 0) is 25.0 Å². The average Bonchev–Trinajstić information content (AvgIpc) is 3.30. The number of rotatable bonds is 5. The molecular formula is C20H18N4O2. The molecule has 4 aromatic rings. The Morgan fingerprint density at radius 2 is 1.92 bits per heavy atom. The number of carbonyl (C=O) groups excluding carboxylic acids is 1. The number of nitrogens with one attached hydrogen (secondary N) is 2. The first-order chi connectivity index (χ1) is 12.7. The maximum atomic E-state index is 12.4. The highest BCUT2D eigenvalue weighted by molar-refractivity contribution is 5.90. The molecule has 0 bridgehead atoms. The first-order valence-corrected chi connectivity index (χ1v) is 8.45. The lowest BCUT2D eigenvalue weighted by molar-refractivity contribution is 0.0896. The van der Waals surface area contributed by atoms with Gasteiger partial charge >= 0.3 is 11.8 Å². The van der Waals surface area contributed by atoms with E-state index in [4.69, 9.17) is 4.52 Å². The van der Waals surface area contributed by atoms with Crippen LogP contribution < -0.4 is 5.32 Å². The molecule has 2 N–H and O–H groups in total. The van der Waals surface area contributed by atoms with E-state index in [1.54, 1.807) is 0 Å². The van der Waals surface area contributed by atoms with Crippen molar-refractivity contribution >= 4 is 16.8 Å². The molecule has 2 heterocycles. The fourth-order valence-corrected chi connectivity index (χ4v) is 2.99. The first kappa shape index (κ1) is 16.1. The third-order valence-corrected chi connectivity index (χ3v) is 4.23. The van der Waals surface area contributed by atoms with Crippen LogP contribution >= 0.6 is 0 Å². The summed E-state index contributed by atoms with van der Waals surface area (Å²) in [6.07, 6.45) is 2.68. The Labute approximate surface area is 150 Å². The molecule has 2 aromatic carbocycles. The van der Waals surface area contributed by atoms with Gasteiger partial charge in [0.25, 0.3) is 0 Å². The summed E-state index contributed by atoms with van der Waals surface area (Å²) in [6, 6.07) is 17.4. The highest BCUT2D eigenvalue weighted by Gasteiger charge is 2.18. The number of nitrogens with zero attached hydrogens (tertiary/aromatic N) is 2. The zero-order chi connectivity index (χ0) is 17.9. The fourth-order valence-electron chi connectivity index (χ4n) is 2.99. The summed E-state index contributed by atoms with van der Waals surface area (Å²) in [5.41, 5.74) is 3.05. The van der Waals surface area contributed by atoms with E-state index in [0.29, 0.717) is 12.2 Å². The number of para-hydroxylation sites is 1. The van der Waals surface area contributed by atoms with Crippen LogP contribution in [0.3, 0.4) is 0 Å². The summed E-state index contributed by atoms with van der Waals surface area (Å²) in [5.74, 6) is 0.00156. The summed E-state index contributed by atoms with van der Waals surface area (Å²) in [5, 5.41) is 7.96. The maximum Gasteiger partial charge on any atom is 0.316 e. The largest absolute Gasteiger partial charge is 0.361 e. The van der Waals surface area contributed by atoms with Crippen LogP contribution in [-0.4, -0.2) is 27.1 Å². The van der Waals surface area contributed by atoms with Gasteiger partial charge in [0.2, 0.25) is 5.82 Å². The molecule has 26 heavy (non-hydrogen) atoms. The topological polar surface area (TPSA) is 83.8 Å². The van der Waals surface area contributed by atoms with E-state index in [1.807, 2.05) is 61.7 Å². The van der Waals surface area contributed by atoms with Crippen molar-refractivity contribution in [3.05, 3.63) is 72.2 Å². The minimum Gasteiger partial charge on any atom is -0.361 e. The molecule has 2 aromatic heterocycles. The van der Waals surface area contributed by atoms with E-state index >= 15 is 0 Å². The summed E-state index contributed by atoms with van der Waals surface area (Å²) in [7, 11) is 0. The lowest BCUT2D eigenvalue weighted by Crippen LogP contribution is -2.34. The minimum absolute atomic E-state index is 0.0328. The summed E-state index contributed by atoms with van der Waals surface area (Å²) < 4.78 is 5.11. The summed E-state index contributed by atoms with van der Waals surface area (Å²) in [6.45, 7) is 1.95. The van der Waals surface area contributed by atoms with Crippen LogP contribution in [0.1, 0.15) is 23.2 Å². The van der Waals surface area contributed by atoms with Crippen molar-refractivity contribution in [2.75, 3.05) is 0 Å². The van der Waals surface area contributed by atoms with E-state index in [2.05, 4.69) is 26.5 Å². The normalized spacial score (nSPS) is 12.2. The Hall–Kier alpha value is -3.41. The highest BCUT2D eigenvalue weighted by Crippen LogP contribution is 2.19. The van der Waals surface area contributed by atoms with Gasteiger partial charge in [-0.25, -0.2) is 0 Å². The van der Waals surface area contributed by atoms with Crippen LogP contribution in [0, 0.1) is 0 Å². The Bertz CT molecular complexity index is 1040. The Kier molecular flexibility index (Phi) is 4.23. The van der Waals surface area contributed by atoms with Crippen molar-refractivity contribution in [1.29, 1.82) is 0 Å². The van der Waals surface area contributed by atoms with Crippen LogP contribution in [0.15, 0.2) is 65.3 Å². The predicted molar refractivity (Wildman–Crippen MR) is 98.7 cm³/mol. The lowest BCUT2D eigenvalue weighted by atomic mass is 10.1. The van der Waals surface area contributed by atoms with E-state index in [-0.39, 0.29) is 17.8 Å². The third-order valence-electron chi connectivity index (χ3n) is 4.23. The molecule has 0 aliphatic rings. The molecule has 0 saturated heterocycles. The minimum atomic E-state index is -0.368. The first-order valence-electron chi connectivity index (χ1n) is 8.45. The number of aromatic amines is 1. The van der Waals surface area contributed by atoms with Gasteiger partial charge < -0.3 is 14.8 Å². The third kappa shape index (κ3) is 3.21. The number of carbonyl (C=O) groups is 1. The molecule has 0 radical (unpaired) electrons. The van der Waals surface area contributed by atoms with Crippen molar-refractivity contribution in [3.8, 4) is 11.4 Å². The van der Waals surface area contributed by atoms with Gasteiger partial charge in [-0.2, -0.15) is 4.98 Å². The second-order valence-electron chi connectivity index (χ2n) is 6.23. The number of amides is 1. The molecule has 0 saturated carbocycles. The number of aromatic nitrogens is 3. The predicted octanol–water partition coefficient (Wildman–Crippen LogP) is 3.58. The smallest absolute Gasteiger partial charge is 0.316 e. The molecule has 0 aliphatic heterocycles. The lowest BCUT2D eigenvalue weighted by Gasteiger charge is -2.11. The van der Waals surface area contributed by atoms with Gasteiger partial charge in [0.05, 0.1) is 0 Å². The SMILES string of the molecule is C[C@@H](Cc1c[nH]c2ccccc12)NC(=O)c1nc(-c2ccccc2)no1. The van der Waals surface area contributed by atoms with Crippen molar-refractivity contribution < 1.29 is 9.32 Å². The van der Waals surface area contributed by atoms with Gasteiger partial charge in [-0.3, -0.25) is 4.79 Å². The zero-order valence-electron chi connectivity index (χ0n) is 14.3. The van der Waals surface area contributed by atoms with E-state index in [1.165, 1.54) is 0 Å². The Morgan fingerprint density at radius 1 is 1.15 bits per heavy atom. The van der Waals surface area contributed by atoms with Crippen molar-refractivity contribution in [2.45, 2.75) is 19.4 Å². The zero-order valence-corrected chi connectivity index (χ0v) is 14.3. The quantitative estimate of drug-likeness (QED) is 0.578. The van der Waals surface area contributed by atoms with E-state index in [9.17, 15) is 4.79 Å². The number of fused-ring (bicyclic) bond motifs is 1. The van der Waals surface area contributed by atoms with E-state index < -0.39 is 0 Å². The molecule has 1 amide bonds. The molecule has 0 spiro atoms. The molecule has 1 atom stereocenters. The molecule has 0 fully saturated rings. The number of hydrogen-bond acceptors (Lipinski definition) is 4. The monoisotopic (exact) mass is 346 g/mol. The van der Waals surface area contributed by atoms with Gasteiger partial charge in [0.1, 0.15) is 0 Å².